The number of nitrogens with zero attached hydrogens (tertiary/aromatic N) is 2. The number of anilines is 2. The summed E-state index contributed by atoms with van der Waals surface area (Å²) in [5.74, 6) is 0.311. The molecule has 0 aliphatic carbocycles. The van der Waals surface area contributed by atoms with E-state index in [0.29, 0.717) is 22.7 Å². The molecule has 2 N–H and O–H groups in total. The molecule has 0 radical (unpaired) electrons. The number of methoxy groups -OCH3 is 1. The zero-order valence-corrected chi connectivity index (χ0v) is 12.9. The molecule has 24 heavy (non-hydrogen) atoms. The van der Waals surface area contributed by atoms with Crippen molar-refractivity contribution in [2.45, 2.75) is 0 Å². The van der Waals surface area contributed by atoms with Gasteiger partial charge >= 0.3 is 0 Å². The van der Waals surface area contributed by atoms with Gasteiger partial charge in [-0.2, -0.15) is 10.5 Å². The van der Waals surface area contributed by atoms with Gasteiger partial charge in [-0.3, -0.25) is 4.79 Å². The van der Waals surface area contributed by atoms with Crippen molar-refractivity contribution in [1.82, 2.24) is 0 Å². The Morgan fingerprint density at radius 1 is 1.08 bits per heavy atom. The van der Waals surface area contributed by atoms with E-state index < -0.39 is 0 Å². The van der Waals surface area contributed by atoms with Gasteiger partial charge in [-0.05, 0) is 36.4 Å². The van der Waals surface area contributed by atoms with E-state index in [1.54, 1.807) is 54.6 Å². The Bertz CT molecular complexity index is 827. The number of nitrogens with one attached hydrogen (secondary N) is 2. The zero-order chi connectivity index (χ0) is 17.4. The lowest BCUT2D eigenvalue weighted by molar-refractivity contribution is 0.102. The van der Waals surface area contributed by atoms with Crippen molar-refractivity contribution < 1.29 is 9.53 Å². The number of hydrogen-bond donors (Lipinski definition) is 2. The maximum Gasteiger partial charge on any atom is 0.255 e. The molecule has 0 fully saturated rings. The fourth-order valence-electron chi connectivity index (χ4n) is 1.91. The van der Waals surface area contributed by atoms with Crippen LogP contribution in [0.25, 0.3) is 0 Å². The van der Waals surface area contributed by atoms with Crippen LogP contribution in [0.4, 0.5) is 11.4 Å². The van der Waals surface area contributed by atoms with E-state index in [0.717, 1.165) is 0 Å². The number of carbonyl (C=O) groups excluding carboxylic acids is 1. The molecule has 0 aliphatic rings. The van der Waals surface area contributed by atoms with Crippen LogP contribution in [0.3, 0.4) is 0 Å². The topological polar surface area (TPSA) is 97.9 Å². The maximum absolute atomic E-state index is 12.3. The van der Waals surface area contributed by atoms with Gasteiger partial charge in [0.05, 0.1) is 12.8 Å². The maximum atomic E-state index is 12.3. The molecule has 6 heteroatoms. The van der Waals surface area contributed by atoms with Crippen molar-refractivity contribution in [1.29, 1.82) is 10.5 Å². The highest BCUT2D eigenvalue weighted by atomic mass is 16.5. The largest absolute Gasteiger partial charge is 0.495 e. The number of para-hydroxylation sites is 2. The third-order valence-corrected chi connectivity index (χ3v) is 3.13. The molecule has 0 bridgehead atoms. The van der Waals surface area contributed by atoms with Crippen LogP contribution in [0.1, 0.15) is 10.4 Å². The Morgan fingerprint density at radius 3 is 2.38 bits per heavy atom. The van der Waals surface area contributed by atoms with Crippen molar-refractivity contribution in [3.8, 4) is 17.9 Å². The summed E-state index contributed by atoms with van der Waals surface area (Å²) in [6, 6.07) is 17.3. The summed E-state index contributed by atoms with van der Waals surface area (Å²) in [6.45, 7) is 0. The second kappa shape index (κ2) is 8.02. The first-order valence-corrected chi connectivity index (χ1v) is 6.99. The van der Waals surface area contributed by atoms with Gasteiger partial charge in [-0.1, -0.05) is 12.1 Å². The van der Waals surface area contributed by atoms with Gasteiger partial charge in [-0.15, -0.1) is 0 Å². The zero-order valence-electron chi connectivity index (χ0n) is 12.9. The number of hydrogen-bond acceptors (Lipinski definition) is 5. The molecule has 0 heterocycles. The minimum absolute atomic E-state index is 0.0343. The standard InChI is InChI=1S/C18H14N4O2/c1-24-17-5-3-2-4-16(17)22-18(23)14-6-8-15(9-7-14)21-12-13(10-19)11-20/h2-9,12,21H,1H3,(H,22,23). The minimum Gasteiger partial charge on any atom is -0.495 e. The molecule has 118 valence electrons. The summed E-state index contributed by atoms with van der Waals surface area (Å²) < 4.78 is 5.19. The van der Waals surface area contributed by atoms with Crippen LogP contribution in [0, 0.1) is 22.7 Å². The Kier molecular flexibility index (Phi) is 5.55. The Morgan fingerprint density at radius 2 is 1.75 bits per heavy atom. The third kappa shape index (κ3) is 4.12. The van der Waals surface area contributed by atoms with Crippen LogP contribution in [0.2, 0.25) is 0 Å². The molecule has 0 saturated carbocycles. The average Bonchev–Trinajstić information content (AvgIpc) is 2.63. The van der Waals surface area contributed by atoms with Gasteiger partial charge in [0, 0.05) is 17.5 Å². The van der Waals surface area contributed by atoms with E-state index in [2.05, 4.69) is 10.6 Å². The lowest BCUT2D eigenvalue weighted by Gasteiger charge is -2.10. The fraction of sp³-hybridized carbons (Fsp3) is 0.0556. The molecule has 2 aromatic carbocycles. The lowest BCUT2D eigenvalue weighted by Crippen LogP contribution is -2.12. The van der Waals surface area contributed by atoms with Crippen LogP contribution in [0.5, 0.6) is 5.75 Å². The van der Waals surface area contributed by atoms with Crippen LogP contribution in [0.15, 0.2) is 60.3 Å². The predicted octanol–water partition coefficient (Wildman–Crippen LogP) is 3.29. The van der Waals surface area contributed by atoms with Gasteiger partial charge in [0.1, 0.15) is 23.5 Å². The number of ether oxygens (including phenoxy) is 1. The summed E-state index contributed by atoms with van der Waals surface area (Å²) in [7, 11) is 1.54. The van der Waals surface area contributed by atoms with Crippen LogP contribution in [-0.4, -0.2) is 13.0 Å². The summed E-state index contributed by atoms with van der Waals surface area (Å²) in [6.07, 6.45) is 1.31. The van der Waals surface area contributed by atoms with Gasteiger partial charge in [-0.25, -0.2) is 0 Å². The Hall–Kier alpha value is -3.77. The highest BCUT2D eigenvalue weighted by Gasteiger charge is 2.09. The molecule has 0 atom stereocenters. The van der Waals surface area contributed by atoms with Crippen molar-refractivity contribution in [3.63, 3.8) is 0 Å². The van der Waals surface area contributed by atoms with Crippen molar-refractivity contribution in [2.75, 3.05) is 17.7 Å². The second-order valence-corrected chi connectivity index (χ2v) is 4.66. The quantitative estimate of drug-likeness (QED) is 0.824. The molecule has 0 aromatic heterocycles. The molecule has 2 aromatic rings. The molecular formula is C18H14N4O2. The lowest BCUT2D eigenvalue weighted by atomic mass is 10.2. The van der Waals surface area contributed by atoms with E-state index >= 15 is 0 Å². The van der Waals surface area contributed by atoms with E-state index in [1.165, 1.54) is 13.3 Å². The number of nitriles is 2. The van der Waals surface area contributed by atoms with E-state index in [9.17, 15) is 4.79 Å². The van der Waals surface area contributed by atoms with Crippen LogP contribution < -0.4 is 15.4 Å². The Balaban J connectivity index is 2.08. The molecule has 0 saturated heterocycles. The summed E-state index contributed by atoms with van der Waals surface area (Å²) in [5.41, 5.74) is 1.68. The molecule has 6 nitrogen and oxygen atoms in total. The highest BCUT2D eigenvalue weighted by Crippen LogP contribution is 2.23. The van der Waals surface area contributed by atoms with Gasteiger partial charge in [0.25, 0.3) is 5.91 Å². The van der Waals surface area contributed by atoms with Crippen molar-refractivity contribution in [3.05, 3.63) is 65.9 Å². The SMILES string of the molecule is COc1ccccc1NC(=O)c1ccc(NC=C(C#N)C#N)cc1. The summed E-state index contributed by atoms with van der Waals surface area (Å²) in [4.78, 5) is 12.3. The van der Waals surface area contributed by atoms with E-state index in [-0.39, 0.29) is 11.5 Å². The van der Waals surface area contributed by atoms with Crippen molar-refractivity contribution >= 4 is 17.3 Å². The molecule has 2 rings (SSSR count). The van der Waals surface area contributed by atoms with E-state index in [4.69, 9.17) is 15.3 Å². The van der Waals surface area contributed by atoms with Gasteiger partial charge in [0.2, 0.25) is 0 Å². The summed E-state index contributed by atoms with van der Waals surface area (Å²) in [5, 5.41) is 22.9. The number of amides is 1. The summed E-state index contributed by atoms with van der Waals surface area (Å²) >= 11 is 0. The number of rotatable bonds is 5. The average molecular weight is 318 g/mol. The number of allylic oxidation sites excluding steroid dienone is 1. The Labute approximate surface area is 139 Å². The van der Waals surface area contributed by atoms with Gasteiger partial charge in [0.15, 0.2) is 0 Å². The molecule has 1 amide bonds. The number of carbonyl (C=O) groups is 1. The third-order valence-electron chi connectivity index (χ3n) is 3.13. The van der Waals surface area contributed by atoms with E-state index in [1.807, 2.05) is 6.07 Å². The molecule has 0 aliphatic heterocycles. The first-order chi connectivity index (χ1) is 11.7. The molecular weight excluding hydrogens is 304 g/mol. The van der Waals surface area contributed by atoms with Crippen molar-refractivity contribution in [2.24, 2.45) is 0 Å². The van der Waals surface area contributed by atoms with Gasteiger partial charge < -0.3 is 15.4 Å². The number of benzene rings is 2. The fourth-order valence-corrected chi connectivity index (χ4v) is 1.91. The normalized spacial score (nSPS) is 9.12. The minimum atomic E-state index is -0.267. The predicted molar refractivity (Wildman–Crippen MR) is 90.3 cm³/mol. The monoisotopic (exact) mass is 318 g/mol. The molecule has 0 spiro atoms. The molecule has 0 unspecified atom stereocenters. The van der Waals surface area contributed by atoms with Crippen LogP contribution >= 0.6 is 0 Å². The second-order valence-electron chi connectivity index (χ2n) is 4.66. The smallest absolute Gasteiger partial charge is 0.255 e. The first kappa shape index (κ1) is 16.6. The highest BCUT2D eigenvalue weighted by molar-refractivity contribution is 6.05. The first-order valence-electron chi connectivity index (χ1n) is 6.99. The van der Waals surface area contributed by atoms with Crippen LogP contribution in [-0.2, 0) is 0 Å².